The summed E-state index contributed by atoms with van der Waals surface area (Å²) in [6.45, 7) is 0.859. The van der Waals surface area contributed by atoms with Crippen molar-refractivity contribution in [3.63, 3.8) is 0 Å². The molecule has 1 aliphatic heterocycles. The van der Waals surface area contributed by atoms with Crippen LogP contribution in [0.4, 0.5) is 5.69 Å². The van der Waals surface area contributed by atoms with E-state index >= 15 is 0 Å². The summed E-state index contributed by atoms with van der Waals surface area (Å²) in [6, 6.07) is 2.63. The van der Waals surface area contributed by atoms with Crippen molar-refractivity contribution in [1.29, 1.82) is 0 Å². The Hall–Kier alpha value is -1.30. The molecule has 102 valence electrons. The number of carboxylic acid groups (broad SMARTS) is 1. The maximum absolute atomic E-state index is 12.0. The second-order valence-corrected chi connectivity index (χ2v) is 5.01. The smallest absolute Gasteiger partial charge is 0.337 e. The summed E-state index contributed by atoms with van der Waals surface area (Å²) in [5, 5.41) is 11.9. The zero-order chi connectivity index (χ0) is 14.0. The van der Waals surface area contributed by atoms with Gasteiger partial charge in [-0.1, -0.05) is 23.2 Å². The summed E-state index contributed by atoms with van der Waals surface area (Å²) in [6.07, 6.45) is 0.611. The Bertz CT molecular complexity index is 527. The first kappa shape index (κ1) is 14.1. The van der Waals surface area contributed by atoms with Crippen LogP contribution in [0.5, 0.6) is 0 Å². The van der Waals surface area contributed by atoms with Crippen LogP contribution in [0.15, 0.2) is 12.1 Å². The maximum atomic E-state index is 12.0. The number of carboxylic acids is 1. The fourth-order valence-electron chi connectivity index (χ4n) is 1.84. The second-order valence-electron chi connectivity index (χ2n) is 4.17. The predicted octanol–water partition coefficient (Wildman–Crippen LogP) is 2.67. The average Bonchev–Trinajstić information content (AvgIpc) is 2.85. The van der Waals surface area contributed by atoms with Gasteiger partial charge in [0.15, 0.2) is 0 Å². The number of hydrogen-bond acceptors (Lipinski definition) is 3. The predicted molar refractivity (Wildman–Crippen MR) is 71.0 cm³/mol. The van der Waals surface area contributed by atoms with Crippen LogP contribution < -0.4 is 5.32 Å². The number of benzene rings is 1. The first-order chi connectivity index (χ1) is 8.99. The number of carbonyl (C=O) groups is 2. The number of rotatable bonds is 3. The van der Waals surface area contributed by atoms with Crippen LogP contribution in [-0.4, -0.2) is 30.2 Å². The third-order valence-corrected chi connectivity index (χ3v) is 3.35. The monoisotopic (exact) mass is 303 g/mol. The molecular formula is C12H11Cl2NO4. The van der Waals surface area contributed by atoms with Gasteiger partial charge in [0.05, 0.1) is 28.8 Å². The van der Waals surface area contributed by atoms with Crippen molar-refractivity contribution in [2.45, 2.75) is 6.42 Å². The molecule has 5 nitrogen and oxygen atoms in total. The molecule has 1 fully saturated rings. The van der Waals surface area contributed by atoms with E-state index < -0.39 is 5.97 Å². The van der Waals surface area contributed by atoms with E-state index in [0.29, 0.717) is 19.6 Å². The second kappa shape index (κ2) is 5.77. The highest BCUT2D eigenvalue weighted by atomic mass is 35.5. The molecule has 1 amide bonds. The maximum Gasteiger partial charge on any atom is 0.337 e. The van der Waals surface area contributed by atoms with Gasteiger partial charge in [0.1, 0.15) is 0 Å². The van der Waals surface area contributed by atoms with Gasteiger partial charge in [-0.3, -0.25) is 4.79 Å². The number of halogens is 2. The third kappa shape index (κ3) is 3.18. The Morgan fingerprint density at radius 2 is 2.11 bits per heavy atom. The van der Waals surface area contributed by atoms with Crippen LogP contribution in [0.25, 0.3) is 0 Å². The highest BCUT2D eigenvalue weighted by Gasteiger charge is 2.26. The van der Waals surface area contributed by atoms with Gasteiger partial charge in [0.2, 0.25) is 5.91 Å². The van der Waals surface area contributed by atoms with E-state index in [1.54, 1.807) is 0 Å². The van der Waals surface area contributed by atoms with E-state index in [-0.39, 0.29) is 33.1 Å². The quantitative estimate of drug-likeness (QED) is 0.900. The third-order valence-electron chi connectivity index (χ3n) is 2.83. The fourth-order valence-corrected chi connectivity index (χ4v) is 2.38. The molecule has 0 aliphatic carbocycles. The van der Waals surface area contributed by atoms with Crippen molar-refractivity contribution in [1.82, 2.24) is 0 Å². The molecule has 1 unspecified atom stereocenters. The largest absolute Gasteiger partial charge is 0.478 e. The first-order valence-electron chi connectivity index (χ1n) is 5.60. The van der Waals surface area contributed by atoms with Crippen molar-refractivity contribution in [3.8, 4) is 0 Å². The standard InChI is InChI=1S/C12H11Cl2NO4/c13-7-3-8(12(17)18)10(9(14)4-7)15-11(16)6-1-2-19-5-6/h3-4,6H,1-2,5H2,(H,15,16)(H,17,18). The Labute approximate surface area is 119 Å². The molecule has 0 spiro atoms. The minimum Gasteiger partial charge on any atom is -0.478 e. The molecule has 2 N–H and O–H groups in total. The van der Waals surface area contributed by atoms with Crippen molar-refractivity contribution < 1.29 is 19.4 Å². The van der Waals surface area contributed by atoms with Crippen molar-refractivity contribution >= 4 is 40.8 Å². The molecule has 0 aromatic heterocycles. The first-order valence-corrected chi connectivity index (χ1v) is 6.35. The number of nitrogens with one attached hydrogen (secondary N) is 1. The van der Waals surface area contributed by atoms with Gasteiger partial charge in [-0.15, -0.1) is 0 Å². The zero-order valence-corrected chi connectivity index (χ0v) is 11.3. The number of hydrogen-bond donors (Lipinski definition) is 2. The van der Waals surface area contributed by atoms with Crippen LogP contribution in [0.1, 0.15) is 16.8 Å². The molecule has 0 radical (unpaired) electrons. The van der Waals surface area contributed by atoms with Gasteiger partial charge < -0.3 is 15.2 Å². The molecule has 1 aromatic rings. The normalized spacial score (nSPS) is 18.3. The van der Waals surface area contributed by atoms with Crippen LogP contribution in [-0.2, 0) is 9.53 Å². The molecule has 1 aliphatic rings. The topological polar surface area (TPSA) is 75.6 Å². The molecule has 19 heavy (non-hydrogen) atoms. The average molecular weight is 304 g/mol. The van der Waals surface area contributed by atoms with Gasteiger partial charge in [-0.25, -0.2) is 4.79 Å². The van der Waals surface area contributed by atoms with Gasteiger partial charge in [-0.05, 0) is 18.6 Å². The summed E-state index contributed by atoms with van der Waals surface area (Å²) >= 11 is 11.7. The van der Waals surface area contributed by atoms with E-state index in [0.717, 1.165) is 0 Å². The van der Waals surface area contributed by atoms with Crippen molar-refractivity contribution in [2.24, 2.45) is 5.92 Å². The number of anilines is 1. The Morgan fingerprint density at radius 1 is 1.37 bits per heavy atom. The molecule has 0 bridgehead atoms. The number of aromatic carboxylic acids is 1. The van der Waals surface area contributed by atoms with Gasteiger partial charge in [0, 0.05) is 11.6 Å². The van der Waals surface area contributed by atoms with Crippen LogP contribution >= 0.6 is 23.2 Å². The van der Waals surface area contributed by atoms with Gasteiger partial charge in [-0.2, -0.15) is 0 Å². The lowest BCUT2D eigenvalue weighted by Gasteiger charge is -2.13. The number of carbonyl (C=O) groups excluding carboxylic acids is 1. The van der Waals surface area contributed by atoms with E-state index in [9.17, 15) is 9.59 Å². The molecule has 1 aromatic carbocycles. The molecule has 0 saturated carbocycles. The lowest BCUT2D eigenvalue weighted by molar-refractivity contribution is -0.119. The minimum atomic E-state index is -1.21. The summed E-state index contributed by atoms with van der Waals surface area (Å²) in [7, 11) is 0. The van der Waals surface area contributed by atoms with Crippen LogP contribution in [0.3, 0.4) is 0 Å². The minimum absolute atomic E-state index is 0.0652. The lowest BCUT2D eigenvalue weighted by Crippen LogP contribution is -2.24. The number of ether oxygens (including phenoxy) is 1. The summed E-state index contributed by atoms with van der Waals surface area (Å²) in [5.41, 5.74) is -0.0692. The van der Waals surface area contributed by atoms with Crippen molar-refractivity contribution in [3.05, 3.63) is 27.7 Å². The summed E-state index contributed by atoms with van der Waals surface area (Å²) < 4.78 is 5.11. The highest BCUT2D eigenvalue weighted by Crippen LogP contribution is 2.31. The highest BCUT2D eigenvalue weighted by molar-refractivity contribution is 6.37. The lowest BCUT2D eigenvalue weighted by atomic mass is 10.1. The van der Waals surface area contributed by atoms with E-state index in [1.807, 2.05) is 0 Å². The van der Waals surface area contributed by atoms with Gasteiger partial charge >= 0.3 is 5.97 Å². The Balaban J connectivity index is 2.28. The molecule has 1 atom stereocenters. The molecule has 1 saturated heterocycles. The van der Waals surface area contributed by atoms with Gasteiger partial charge in [0.25, 0.3) is 0 Å². The molecule has 7 heteroatoms. The van der Waals surface area contributed by atoms with E-state index in [1.165, 1.54) is 12.1 Å². The van der Waals surface area contributed by atoms with Crippen LogP contribution in [0, 0.1) is 5.92 Å². The summed E-state index contributed by atoms with van der Waals surface area (Å²) in [4.78, 5) is 23.1. The van der Waals surface area contributed by atoms with Crippen molar-refractivity contribution in [2.75, 3.05) is 18.5 Å². The SMILES string of the molecule is O=C(O)c1cc(Cl)cc(Cl)c1NC(=O)C1CCOC1. The Kier molecular flexibility index (Phi) is 4.29. The van der Waals surface area contributed by atoms with E-state index in [4.69, 9.17) is 33.0 Å². The summed E-state index contributed by atoms with van der Waals surface area (Å²) in [5.74, 6) is -1.79. The molecule has 1 heterocycles. The zero-order valence-electron chi connectivity index (χ0n) is 9.78. The Morgan fingerprint density at radius 3 is 2.68 bits per heavy atom. The van der Waals surface area contributed by atoms with Crippen LogP contribution in [0.2, 0.25) is 10.0 Å². The molecular weight excluding hydrogens is 293 g/mol. The fraction of sp³-hybridized carbons (Fsp3) is 0.333. The van der Waals surface area contributed by atoms with E-state index in [2.05, 4.69) is 5.32 Å². The number of amides is 1. The molecule has 2 rings (SSSR count).